The molecule has 2 heterocycles. The van der Waals surface area contributed by atoms with E-state index in [0.29, 0.717) is 10.7 Å². The SMILES string of the molecule is Cc1ccc(NC(=O)CSc2nc3ccccc3nc2N2CCCC2)cc1Cl. The zero-order valence-corrected chi connectivity index (χ0v) is 17.2. The summed E-state index contributed by atoms with van der Waals surface area (Å²) in [5.74, 6) is 1.05. The van der Waals surface area contributed by atoms with Crippen LogP contribution in [0.15, 0.2) is 47.5 Å². The molecule has 3 aromatic rings. The molecular weight excluding hydrogens is 392 g/mol. The van der Waals surface area contributed by atoms with Gasteiger partial charge in [-0.3, -0.25) is 4.79 Å². The summed E-state index contributed by atoms with van der Waals surface area (Å²) in [5.41, 5.74) is 3.41. The number of aromatic nitrogens is 2. The third-order valence-electron chi connectivity index (χ3n) is 4.72. The van der Waals surface area contributed by atoms with Gasteiger partial charge in [-0.2, -0.15) is 0 Å². The van der Waals surface area contributed by atoms with Crippen molar-refractivity contribution in [3.8, 4) is 0 Å². The molecular formula is C21H21ClN4OS. The number of hydrogen-bond donors (Lipinski definition) is 1. The van der Waals surface area contributed by atoms with Gasteiger partial charge in [0.15, 0.2) is 5.82 Å². The molecule has 144 valence electrons. The predicted octanol–water partition coefficient (Wildman–Crippen LogP) is 4.92. The molecule has 0 aliphatic carbocycles. The molecule has 1 amide bonds. The number of anilines is 2. The fourth-order valence-corrected chi connectivity index (χ4v) is 4.20. The molecule has 4 rings (SSSR count). The minimum absolute atomic E-state index is 0.0905. The molecule has 0 atom stereocenters. The van der Waals surface area contributed by atoms with Crippen LogP contribution in [-0.2, 0) is 4.79 Å². The van der Waals surface area contributed by atoms with Crippen LogP contribution in [0.25, 0.3) is 11.0 Å². The molecule has 1 aliphatic heterocycles. The highest BCUT2D eigenvalue weighted by Gasteiger charge is 2.20. The standard InChI is InChI=1S/C21H21ClN4OS/c1-14-8-9-15(12-16(14)22)23-19(27)13-28-21-20(26-10-4-5-11-26)24-17-6-2-3-7-18(17)25-21/h2-3,6-9,12H,4-5,10-11,13H2,1H3,(H,23,27). The summed E-state index contributed by atoms with van der Waals surface area (Å²) < 4.78 is 0. The number of carbonyl (C=O) groups is 1. The lowest BCUT2D eigenvalue weighted by Crippen LogP contribution is -2.21. The van der Waals surface area contributed by atoms with E-state index in [1.165, 1.54) is 11.8 Å². The first-order valence-corrected chi connectivity index (χ1v) is 10.7. The number of nitrogens with zero attached hydrogens (tertiary/aromatic N) is 3. The molecule has 1 aromatic heterocycles. The third kappa shape index (κ3) is 4.23. The molecule has 28 heavy (non-hydrogen) atoms. The summed E-state index contributed by atoms with van der Waals surface area (Å²) >= 11 is 7.56. The summed E-state index contributed by atoms with van der Waals surface area (Å²) in [6, 6.07) is 13.4. The van der Waals surface area contributed by atoms with Crippen LogP contribution in [0.3, 0.4) is 0 Å². The highest BCUT2D eigenvalue weighted by Crippen LogP contribution is 2.31. The van der Waals surface area contributed by atoms with Crippen LogP contribution in [0, 0.1) is 6.92 Å². The van der Waals surface area contributed by atoms with E-state index in [0.717, 1.165) is 53.4 Å². The molecule has 0 bridgehead atoms. The Labute approximate surface area is 173 Å². The summed E-state index contributed by atoms with van der Waals surface area (Å²) in [4.78, 5) is 24.3. The number of aryl methyl sites for hydroxylation is 1. The van der Waals surface area contributed by atoms with Crippen molar-refractivity contribution in [3.63, 3.8) is 0 Å². The lowest BCUT2D eigenvalue weighted by atomic mass is 10.2. The van der Waals surface area contributed by atoms with Crippen molar-refractivity contribution in [3.05, 3.63) is 53.1 Å². The van der Waals surface area contributed by atoms with Crippen LogP contribution >= 0.6 is 23.4 Å². The van der Waals surface area contributed by atoms with E-state index in [1.54, 1.807) is 6.07 Å². The van der Waals surface area contributed by atoms with E-state index in [4.69, 9.17) is 21.6 Å². The van der Waals surface area contributed by atoms with Gasteiger partial charge in [0.2, 0.25) is 5.91 Å². The Hall–Kier alpha value is -2.31. The van der Waals surface area contributed by atoms with Gasteiger partial charge in [-0.25, -0.2) is 9.97 Å². The van der Waals surface area contributed by atoms with E-state index < -0.39 is 0 Å². The smallest absolute Gasteiger partial charge is 0.234 e. The Morgan fingerprint density at radius 3 is 2.57 bits per heavy atom. The van der Waals surface area contributed by atoms with Gasteiger partial charge in [0.25, 0.3) is 0 Å². The Morgan fingerprint density at radius 1 is 1.14 bits per heavy atom. The molecule has 1 fully saturated rings. The highest BCUT2D eigenvalue weighted by atomic mass is 35.5. The Bertz CT molecular complexity index is 1020. The van der Waals surface area contributed by atoms with Crippen molar-refractivity contribution in [2.45, 2.75) is 24.8 Å². The summed E-state index contributed by atoms with van der Waals surface area (Å²) in [6.07, 6.45) is 2.32. The maximum atomic E-state index is 12.4. The average Bonchev–Trinajstić information content (AvgIpc) is 3.23. The Balaban J connectivity index is 1.52. The van der Waals surface area contributed by atoms with Crippen molar-refractivity contribution >= 4 is 51.8 Å². The maximum absolute atomic E-state index is 12.4. The first kappa shape index (κ1) is 19.0. The minimum atomic E-state index is -0.0905. The van der Waals surface area contributed by atoms with E-state index >= 15 is 0 Å². The molecule has 5 nitrogen and oxygen atoms in total. The first-order valence-electron chi connectivity index (χ1n) is 9.31. The minimum Gasteiger partial charge on any atom is -0.354 e. The number of fused-ring (bicyclic) bond motifs is 1. The number of nitrogens with one attached hydrogen (secondary N) is 1. The Morgan fingerprint density at radius 2 is 1.86 bits per heavy atom. The van der Waals surface area contributed by atoms with Gasteiger partial charge in [0.05, 0.1) is 16.8 Å². The average molecular weight is 413 g/mol. The second-order valence-corrected chi connectivity index (χ2v) is 8.21. The molecule has 1 saturated heterocycles. The molecule has 0 radical (unpaired) electrons. The normalized spacial score (nSPS) is 13.9. The van der Waals surface area contributed by atoms with Crippen molar-refractivity contribution in [2.24, 2.45) is 0 Å². The number of thioether (sulfide) groups is 1. The van der Waals surface area contributed by atoms with E-state index in [9.17, 15) is 4.79 Å². The van der Waals surface area contributed by atoms with Crippen molar-refractivity contribution in [1.29, 1.82) is 0 Å². The molecule has 2 aromatic carbocycles. The van der Waals surface area contributed by atoms with Gasteiger partial charge in [-0.1, -0.05) is 41.6 Å². The van der Waals surface area contributed by atoms with Crippen LogP contribution in [0.1, 0.15) is 18.4 Å². The number of rotatable bonds is 5. The van der Waals surface area contributed by atoms with Crippen LogP contribution in [-0.4, -0.2) is 34.7 Å². The number of para-hydroxylation sites is 2. The molecule has 1 N–H and O–H groups in total. The lowest BCUT2D eigenvalue weighted by Gasteiger charge is -2.19. The van der Waals surface area contributed by atoms with Gasteiger partial charge in [-0.05, 0) is 49.6 Å². The summed E-state index contributed by atoms with van der Waals surface area (Å²) in [5, 5.41) is 4.34. The number of amides is 1. The monoisotopic (exact) mass is 412 g/mol. The largest absolute Gasteiger partial charge is 0.354 e. The van der Waals surface area contributed by atoms with Gasteiger partial charge >= 0.3 is 0 Å². The number of carbonyl (C=O) groups excluding carboxylic acids is 1. The number of benzene rings is 2. The summed E-state index contributed by atoms with van der Waals surface area (Å²) in [6.45, 7) is 3.89. The van der Waals surface area contributed by atoms with Gasteiger partial charge < -0.3 is 10.2 Å². The van der Waals surface area contributed by atoms with Crippen molar-refractivity contribution in [2.75, 3.05) is 29.1 Å². The van der Waals surface area contributed by atoms with E-state index in [-0.39, 0.29) is 11.7 Å². The zero-order valence-electron chi connectivity index (χ0n) is 15.6. The molecule has 0 saturated carbocycles. The maximum Gasteiger partial charge on any atom is 0.234 e. The second kappa shape index (κ2) is 8.37. The van der Waals surface area contributed by atoms with Crippen LogP contribution in [0.2, 0.25) is 5.02 Å². The topological polar surface area (TPSA) is 58.1 Å². The predicted molar refractivity (Wildman–Crippen MR) is 117 cm³/mol. The van der Waals surface area contributed by atoms with Gasteiger partial charge in [0, 0.05) is 23.8 Å². The fourth-order valence-electron chi connectivity index (χ4n) is 3.21. The van der Waals surface area contributed by atoms with Crippen molar-refractivity contribution < 1.29 is 4.79 Å². The third-order valence-corrected chi connectivity index (χ3v) is 6.08. The van der Waals surface area contributed by atoms with Crippen molar-refractivity contribution in [1.82, 2.24) is 9.97 Å². The van der Waals surface area contributed by atoms with Gasteiger partial charge in [0.1, 0.15) is 5.03 Å². The molecule has 0 unspecified atom stereocenters. The second-order valence-electron chi connectivity index (χ2n) is 6.84. The quantitative estimate of drug-likeness (QED) is 0.602. The molecule has 0 spiro atoms. The molecule has 7 heteroatoms. The van der Waals surface area contributed by atoms with E-state index in [2.05, 4.69) is 10.2 Å². The van der Waals surface area contributed by atoms with Gasteiger partial charge in [-0.15, -0.1) is 0 Å². The van der Waals surface area contributed by atoms with E-state index in [1.807, 2.05) is 43.3 Å². The first-order chi connectivity index (χ1) is 13.6. The van der Waals surface area contributed by atoms with Crippen LogP contribution < -0.4 is 10.2 Å². The van der Waals surface area contributed by atoms with Crippen LogP contribution in [0.4, 0.5) is 11.5 Å². The highest BCUT2D eigenvalue weighted by molar-refractivity contribution is 8.00. The lowest BCUT2D eigenvalue weighted by molar-refractivity contribution is -0.113. The fraction of sp³-hybridized carbons (Fsp3) is 0.286. The Kier molecular flexibility index (Phi) is 5.69. The zero-order chi connectivity index (χ0) is 19.5. The summed E-state index contributed by atoms with van der Waals surface area (Å²) in [7, 11) is 0. The number of hydrogen-bond acceptors (Lipinski definition) is 5. The molecule has 1 aliphatic rings. The number of halogens is 1. The van der Waals surface area contributed by atoms with Crippen LogP contribution in [0.5, 0.6) is 0 Å².